The third-order valence-electron chi connectivity index (χ3n) is 1.85. The molecular formula is C11H15NO4. The van der Waals surface area contributed by atoms with Crippen LogP contribution in [-0.2, 0) is 19.1 Å². The van der Waals surface area contributed by atoms with Gasteiger partial charge >= 0.3 is 11.9 Å². The van der Waals surface area contributed by atoms with E-state index in [9.17, 15) is 9.59 Å². The van der Waals surface area contributed by atoms with Crippen molar-refractivity contribution in [2.75, 3.05) is 7.11 Å². The summed E-state index contributed by atoms with van der Waals surface area (Å²) in [7, 11) is 1.21. The quantitative estimate of drug-likeness (QED) is 0.408. The van der Waals surface area contributed by atoms with E-state index < -0.39 is 18.0 Å². The maximum Gasteiger partial charge on any atom is 0.338 e. The summed E-state index contributed by atoms with van der Waals surface area (Å²) in [5.74, 6) is -1.30. The predicted octanol–water partition coefficient (Wildman–Crippen LogP) is 1.20. The number of ether oxygens (including phenoxy) is 2. The minimum atomic E-state index is -0.760. The van der Waals surface area contributed by atoms with Crippen molar-refractivity contribution in [2.24, 2.45) is 5.92 Å². The molecule has 0 heterocycles. The molecule has 0 rings (SSSR count). The molecule has 0 unspecified atom stereocenters. The van der Waals surface area contributed by atoms with Gasteiger partial charge in [-0.05, 0) is 5.92 Å². The van der Waals surface area contributed by atoms with Crippen LogP contribution in [0.3, 0.4) is 0 Å². The number of nitrogens with zero attached hydrogens (tertiary/aromatic N) is 1. The van der Waals surface area contributed by atoms with Crippen molar-refractivity contribution in [3.8, 4) is 6.07 Å². The molecule has 0 N–H and O–H groups in total. The minimum Gasteiger partial charge on any atom is -0.466 e. The number of esters is 2. The minimum absolute atomic E-state index is 0.0511. The van der Waals surface area contributed by atoms with Crippen molar-refractivity contribution >= 4 is 11.9 Å². The molecule has 16 heavy (non-hydrogen) atoms. The summed E-state index contributed by atoms with van der Waals surface area (Å²) in [6, 6.07) is 1.74. The lowest BCUT2D eigenvalue weighted by Crippen LogP contribution is -2.29. The number of nitriles is 1. The van der Waals surface area contributed by atoms with Gasteiger partial charge in [0.1, 0.15) is 6.10 Å². The highest BCUT2D eigenvalue weighted by Crippen LogP contribution is 2.17. The lowest BCUT2D eigenvalue weighted by molar-refractivity contribution is -0.148. The summed E-state index contributed by atoms with van der Waals surface area (Å²) in [6.07, 6.45) is 0.281. The van der Waals surface area contributed by atoms with E-state index in [1.807, 2.05) is 0 Å². The van der Waals surface area contributed by atoms with Crippen LogP contribution >= 0.6 is 0 Å². The number of rotatable bonds is 4. The van der Waals surface area contributed by atoms with Crippen LogP contribution in [0.15, 0.2) is 11.6 Å². The molecule has 0 radical (unpaired) electrons. The van der Waals surface area contributed by atoms with Gasteiger partial charge in [0.25, 0.3) is 0 Å². The number of allylic oxidation sites excluding steroid dienone is 1. The summed E-state index contributed by atoms with van der Waals surface area (Å²) < 4.78 is 9.52. The lowest BCUT2D eigenvalue weighted by Gasteiger charge is -2.21. The monoisotopic (exact) mass is 225 g/mol. The highest BCUT2D eigenvalue weighted by molar-refractivity contribution is 5.90. The Morgan fingerprint density at radius 1 is 1.38 bits per heavy atom. The van der Waals surface area contributed by atoms with Crippen LogP contribution in [0.5, 0.6) is 0 Å². The zero-order valence-corrected chi connectivity index (χ0v) is 9.81. The molecule has 1 atom stereocenters. The number of carbonyl (C=O) groups is 2. The zero-order chi connectivity index (χ0) is 12.7. The molecule has 0 saturated carbocycles. The van der Waals surface area contributed by atoms with E-state index in [0.717, 1.165) is 6.08 Å². The first kappa shape index (κ1) is 14.2. The molecule has 0 aromatic heterocycles. The molecule has 5 heteroatoms. The topological polar surface area (TPSA) is 76.4 Å². The summed E-state index contributed by atoms with van der Waals surface area (Å²) >= 11 is 0. The molecule has 88 valence electrons. The Kier molecular flexibility index (Phi) is 5.86. The van der Waals surface area contributed by atoms with Crippen molar-refractivity contribution in [1.82, 2.24) is 0 Å². The van der Waals surface area contributed by atoms with E-state index in [0.29, 0.717) is 0 Å². The summed E-state index contributed by atoms with van der Waals surface area (Å²) in [5.41, 5.74) is 0.0511. The smallest absolute Gasteiger partial charge is 0.338 e. The molecule has 0 saturated heterocycles. The van der Waals surface area contributed by atoms with E-state index in [4.69, 9.17) is 10.00 Å². The highest BCUT2D eigenvalue weighted by atomic mass is 16.6. The fraction of sp³-hybridized carbons (Fsp3) is 0.545. The van der Waals surface area contributed by atoms with Crippen LogP contribution in [0, 0.1) is 17.2 Å². The standard InChI is InChI=1S/C11H15NO4/c1-7(2)10(16-8(3)13)9(5-6-12)11(14)15-4/h5,7,10H,1-4H3/b9-5-/t10-/m0/s1. The van der Waals surface area contributed by atoms with Crippen LogP contribution in [0.1, 0.15) is 20.8 Å². The third kappa shape index (κ3) is 4.13. The number of hydrogen-bond donors (Lipinski definition) is 0. The SMILES string of the molecule is COC(=O)/C(=C\C#N)[C@@H](OC(C)=O)C(C)C. The molecule has 0 fully saturated rings. The van der Waals surface area contributed by atoms with Gasteiger partial charge in [0, 0.05) is 13.0 Å². The average Bonchev–Trinajstić information content (AvgIpc) is 2.21. The summed E-state index contributed by atoms with van der Waals surface area (Å²) in [6.45, 7) is 4.81. The normalized spacial score (nSPS) is 12.9. The van der Waals surface area contributed by atoms with Gasteiger partial charge in [0.05, 0.1) is 18.8 Å². The maximum absolute atomic E-state index is 11.4. The Morgan fingerprint density at radius 3 is 2.25 bits per heavy atom. The van der Waals surface area contributed by atoms with Crippen LogP contribution in [-0.4, -0.2) is 25.2 Å². The number of hydrogen-bond acceptors (Lipinski definition) is 5. The van der Waals surface area contributed by atoms with Crippen molar-refractivity contribution in [3.63, 3.8) is 0 Å². The summed E-state index contributed by atoms with van der Waals surface area (Å²) in [4.78, 5) is 22.3. The molecule has 5 nitrogen and oxygen atoms in total. The Balaban J connectivity index is 5.13. The predicted molar refractivity (Wildman–Crippen MR) is 56.1 cm³/mol. The largest absolute Gasteiger partial charge is 0.466 e. The molecule has 0 amide bonds. The molecule has 0 aliphatic heterocycles. The lowest BCUT2D eigenvalue weighted by atomic mass is 9.98. The van der Waals surface area contributed by atoms with Crippen molar-refractivity contribution in [3.05, 3.63) is 11.6 Å². The van der Waals surface area contributed by atoms with E-state index in [2.05, 4.69) is 4.74 Å². The Bertz CT molecular complexity index is 338. The second-order valence-electron chi connectivity index (χ2n) is 3.49. The second-order valence-corrected chi connectivity index (χ2v) is 3.49. The number of carbonyl (C=O) groups excluding carboxylic acids is 2. The van der Waals surface area contributed by atoms with Gasteiger partial charge in [0.15, 0.2) is 0 Å². The fourth-order valence-corrected chi connectivity index (χ4v) is 1.18. The molecule has 0 bridgehead atoms. The first-order chi connectivity index (χ1) is 7.43. The Labute approximate surface area is 94.6 Å². The zero-order valence-electron chi connectivity index (χ0n) is 9.81. The molecule has 0 spiro atoms. The van der Waals surface area contributed by atoms with Crippen LogP contribution in [0.25, 0.3) is 0 Å². The molecule has 0 aliphatic rings. The van der Waals surface area contributed by atoms with Crippen molar-refractivity contribution in [2.45, 2.75) is 26.9 Å². The van der Waals surface area contributed by atoms with Crippen LogP contribution < -0.4 is 0 Å². The van der Waals surface area contributed by atoms with Crippen molar-refractivity contribution in [1.29, 1.82) is 5.26 Å². The van der Waals surface area contributed by atoms with E-state index in [-0.39, 0.29) is 11.5 Å². The van der Waals surface area contributed by atoms with E-state index >= 15 is 0 Å². The first-order valence-corrected chi connectivity index (χ1v) is 4.79. The first-order valence-electron chi connectivity index (χ1n) is 4.79. The highest BCUT2D eigenvalue weighted by Gasteiger charge is 2.27. The second kappa shape index (κ2) is 6.62. The number of methoxy groups -OCH3 is 1. The Hall–Kier alpha value is -1.83. The van der Waals surface area contributed by atoms with Crippen LogP contribution in [0.4, 0.5) is 0 Å². The van der Waals surface area contributed by atoms with Gasteiger partial charge in [-0.25, -0.2) is 4.79 Å². The molecule has 0 aromatic rings. The van der Waals surface area contributed by atoms with Gasteiger partial charge in [-0.1, -0.05) is 13.8 Å². The Morgan fingerprint density at radius 2 is 1.94 bits per heavy atom. The van der Waals surface area contributed by atoms with E-state index in [1.54, 1.807) is 19.9 Å². The third-order valence-corrected chi connectivity index (χ3v) is 1.85. The van der Waals surface area contributed by atoms with E-state index in [1.165, 1.54) is 14.0 Å². The van der Waals surface area contributed by atoms with Gasteiger partial charge in [-0.2, -0.15) is 5.26 Å². The van der Waals surface area contributed by atoms with Gasteiger partial charge in [-0.15, -0.1) is 0 Å². The van der Waals surface area contributed by atoms with Crippen molar-refractivity contribution < 1.29 is 19.1 Å². The summed E-state index contributed by atoms with van der Waals surface area (Å²) in [5, 5.41) is 8.57. The van der Waals surface area contributed by atoms with Gasteiger partial charge < -0.3 is 9.47 Å². The molecular weight excluding hydrogens is 210 g/mol. The molecule has 0 aliphatic carbocycles. The maximum atomic E-state index is 11.4. The van der Waals surface area contributed by atoms with Crippen LogP contribution in [0.2, 0.25) is 0 Å². The molecule has 0 aromatic carbocycles. The van der Waals surface area contributed by atoms with Gasteiger partial charge in [0.2, 0.25) is 0 Å². The van der Waals surface area contributed by atoms with Gasteiger partial charge in [-0.3, -0.25) is 4.79 Å². The average molecular weight is 225 g/mol. The fourth-order valence-electron chi connectivity index (χ4n) is 1.18.